The van der Waals surface area contributed by atoms with E-state index in [1.165, 1.54) is 23.3 Å². The Bertz CT molecular complexity index is 733. The van der Waals surface area contributed by atoms with E-state index in [2.05, 4.69) is 41.2 Å². The number of hydrogen-bond donors (Lipinski definition) is 0. The topological polar surface area (TPSA) is 62.0 Å². The maximum atomic E-state index is 10.7. The summed E-state index contributed by atoms with van der Waals surface area (Å²) in [5.41, 5.74) is 3.59. The lowest BCUT2D eigenvalue weighted by Gasteiger charge is -2.33. The number of non-ortho nitro benzene ring substituents is 1. The summed E-state index contributed by atoms with van der Waals surface area (Å²) in [5, 5.41) is 17.2. The van der Waals surface area contributed by atoms with E-state index in [1.54, 1.807) is 18.3 Å². The zero-order valence-corrected chi connectivity index (χ0v) is 14.3. The average molecular weight is 338 g/mol. The highest BCUT2D eigenvalue weighted by molar-refractivity contribution is 5.79. The van der Waals surface area contributed by atoms with Crippen molar-refractivity contribution in [1.82, 2.24) is 9.91 Å². The van der Waals surface area contributed by atoms with Crippen LogP contribution in [0.25, 0.3) is 0 Å². The van der Waals surface area contributed by atoms with E-state index in [1.807, 2.05) is 5.01 Å². The van der Waals surface area contributed by atoms with E-state index in [9.17, 15) is 10.1 Å². The molecular weight excluding hydrogens is 316 g/mol. The third-order valence-corrected chi connectivity index (χ3v) is 4.35. The minimum atomic E-state index is -0.395. The van der Waals surface area contributed by atoms with Crippen molar-refractivity contribution in [3.63, 3.8) is 0 Å². The van der Waals surface area contributed by atoms with Gasteiger partial charge in [0, 0.05) is 44.9 Å². The van der Waals surface area contributed by atoms with Crippen molar-refractivity contribution in [2.45, 2.75) is 13.5 Å². The molecule has 3 rings (SSSR count). The third kappa shape index (κ3) is 4.87. The molecule has 6 nitrogen and oxygen atoms in total. The second-order valence-corrected chi connectivity index (χ2v) is 6.31. The molecule has 1 aliphatic heterocycles. The van der Waals surface area contributed by atoms with E-state index >= 15 is 0 Å². The fourth-order valence-corrected chi connectivity index (χ4v) is 2.79. The van der Waals surface area contributed by atoms with Crippen LogP contribution in [-0.4, -0.2) is 47.2 Å². The summed E-state index contributed by atoms with van der Waals surface area (Å²) < 4.78 is 0. The SMILES string of the molecule is Cc1ccc(CN2CCN(/N=C\c3ccc([N+](=O)[O-])cc3)CC2)cc1. The number of nitrogens with zero attached hydrogens (tertiary/aromatic N) is 4. The van der Waals surface area contributed by atoms with E-state index in [4.69, 9.17) is 0 Å². The normalized spacial score (nSPS) is 15.6. The number of rotatable bonds is 5. The quantitative estimate of drug-likeness (QED) is 0.477. The van der Waals surface area contributed by atoms with Gasteiger partial charge in [0.05, 0.1) is 11.1 Å². The van der Waals surface area contributed by atoms with Crippen LogP contribution in [0.15, 0.2) is 53.6 Å². The summed E-state index contributed by atoms with van der Waals surface area (Å²) in [6.07, 6.45) is 1.76. The highest BCUT2D eigenvalue weighted by Crippen LogP contribution is 2.12. The molecule has 0 N–H and O–H groups in total. The molecule has 0 amide bonds. The summed E-state index contributed by atoms with van der Waals surface area (Å²) in [6.45, 7) is 6.80. The van der Waals surface area contributed by atoms with Crippen molar-refractivity contribution in [3.05, 3.63) is 75.3 Å². The fraction of sp³-hybridized carbons (Fsp3) is 0.316. The second kappa shape index (κ2) is 7.90. The number of nitro groups is 1. The molecular formula is C19H22N4O2. The molecule has 130 valence electrons. The van der Waals surface area contributed by atoms with E-state index in [-0.39, 0.29) is 5.69 Å². The van der Waals surface area contributed by atoms with E-state index in [0.29, 0.717) is 0 Å². The highest BCUT2D eigenvalue weighted by Gasteiger charge is 2.15. The summed E-state index contributed by atoms with van der Waals surface area (Å²) in [7, 11) is 0. The number of piperazine rings is 1. The fourth-order valence-electron chi connectivity index (χ4n) is 2.79. The predicted molar refractivity (Wildman–Crippen MR) is 98.7 cm³/mol. The molecule has 6 heteroatoms. The standard InChI is InChI=1S/C19H22N4O2/c1-16-2-4-18(5-3-16)15-21-10-12-22(13-11-21)20-14-17-6-8-19(9-7-17)23(24)25/h2-9,14H,10-13,15H2,1H3/b20-14-. The number of hydrazone groups is 1. The minimum absolute atomic E-state index is 0.0990. The number of aryl methyl sites for hydroxylation is 1. The van der Waals surface area contributed by atoms with Crippen molar-refractivity contribution in [3.8, 4) is 0 Å². The molecule has 2 aromatic carbocycles. The summed E-state index contributed by atoms with van der Waals surface area (Å²) >= 11 is 0. The minimum Gasteiger partial charge on any atom is -0.295 e. The molecule has 0 aromatic heterocycles. The average Bonchev–Trinajstić information content (AvgIpc) is 2.63. The van der Waals surface area contributed by atoms with Crippen LogP contribution in [0.4, 0.5) is 5.69 Å². The van der Waals surface area contributed by atoms with Gasteiger partial charge in [-0.1, -0.05) is 29.8 Å². The molecule has 1 aliphatic rings. The Morgan fingerprint density at radius 2 is 1.68 bits per heavy atom. The smallest absolute Gasteiger partial charge is 0.269 e. The van der Waals surface area contributed by atoms with Crippen LogP contribution in [0.5, 0.6) is 0 Å². The van der Waals surface area contributed by atoms with Crippen molar-refractivity contribution in [2.75, 3.05) is 26.2 Å². The van der Waals surface area contributed by atoms with Crippen LogP contribution in [-0.2, 0) is 6.54 Å². The second-order valence-electron chi connectivity index (χ2n) is 6.31. The lowest BCUT2D eigenvalue weighted by atomic mass is 10.1. The van der Waals surface area contributed by atoms with Gasteiger partial charge in [-0.25, -0.2) is 0 Å². The Labute approximate surface area is 147 Å². The van der Waals surface area contributed by atoms with Gasteiger partial charge in [0.2, 0.25) is 0 Å². The molecule has 0 bridgehead atoms. The Morgan fingerprint density at radius 1 is 1.04 bits per heavy atom. The molecule has 0 spiro atoms. The van der Waals surface area contributed by atoms with Gasteiger partial charge in [0.15, 0.2) is 0 Å². The van der Waals surface area contributed by atoms with Gasteiger partial charge < -0.3 is 0 Å². The van der Waals surface area contributed by atoms with E-state index < -0.39 is 4.92 Å². The predicted octanol–water partition coefficient (Wildman–Crippen LogP) is 3.05. The van der Waals surface area contributed by atoms with Crippen molar-refractivity contribution < 1.29 is 4.92 Å². The van der Waals surface area contributed by atoms with Crippen LogP contribution in [0.1, 0.15) is 16.7 Å². The third-order valence-electron chi connectivity index (χ3n) is 4.35. The van der Waals surface area contributed by atoms with Crippen LogP contribution in [0.2, 0.25) is 0 Å². The van der Waals surface area contributed by atoms with Gasteiger partial charge in [-0.2, -0.15) is 5.10 Å². The first-order chi connectivity index (χ1) is 12.1. The molecule has 2 aromatic rings. The van der Waals surface area contributed by atoms with Crippen LogP contribution in [0, 0.1) is 17.0 Å². The van der Waals surface area contributed by atoms with Crippen LogP contribution in [0.3, 0.4) is 0 Å². The molecule has 0 unspecified atom stereocenters. The van der Waals surface area contributed by atoms with Crippen LogP contribution >= 0.6 is 0 Å². The Kier molecular flexibility index (Phi) is 5.40. The number of hydrogen-bond acceptors (Lipinski definition) is 5. The molecule has 0 atom stereocenters. The van der Waals surface area contributed by atoms with Gasteiger partial charge in [0.1, 0.15) is 0 Å². The number of nitro benzene ring substituents is 1. The Morgan fingerprint density at radius 3 is 2.28 bits per heavy atom. The monoisotopic (exact) mass is 338 g/mol. The number of benzene rings is 2. The first kappa shape index (κ1) is 17.1. The Balaban J connectivity index is 1.48. The molecule has 0 radical (unpaired) electrons. The summed E-state index contributed by atoms with van der Waals surface area (Å²) in [5.74, 6) is 0. The zero-order chi connectivity index (χ0) is 17.6. The van der Waals surface area contributed by atoms with Gasteiger partial charge in [0.25, 0.3) is 5.69 Å². The van der Waals surface area contributed by atoms with Crippen molar-refractivity contribution >= 4 is 11.9 Å². The first-order valence-electron chi connectivity index (χ1n) is 8.41. The lowest BCUT2D eigenvalue weighted by Crippen LogP contribution is -2.43. The first-order valence-corrected chi connectivity index (χ1v) is 8.41. The van der Waals surface area contributed by atoms with E-state index in [0.717, 1.165) is 38.3 Å². The highest BCUT2D eigenvalue weighted by atomic mass is 16.6. The lowest BCUT2D eigenvalue weighted by molar-refractivity contribution is -0.384. The summed E-state index contributed by atoms with van der Waals surface area (Å²) in [6, 6.07) is 15.1. The van der Waals surface area contributed by atoms with Crippen molar-refractivity contribution in [2.24, 2.45) is 5.10 Å². The molecule has 0 aliphatic carbocycles. The van der Waals surface area contributed by atoms with Gasteiger partial charge in [-0.3, -0.25) is 20.0 Å². The molecule has 1 saturated heterocycles. The maximum Gasteiger partial charge on any atom is 0.269 e. The molecule has 0 saturated carbocycles. The largest absolute Gasteiger partial charge is 0.295 e. The zero-order valence-electron chi connectivity index (χ0n) is 14.3. The van der Waals surface area contributed by atoms with Crippen LogP contribution < -0.4 is 0 Å². The Hall–Kier alpha value is -2.73. The van der Waals surface area contributed by atoms with Crippen molar-refractivity contribution in [1.29, 1.82) is 0 Å². The summed E-state index contributed by atoms with van der Waals surface area (Å²) in [4.78, 5) is 12.7. The molecule has 1 fully saturated rings. The van der Waals surface area contributed by atoms with Gasteiger partial charge in [-0.15, -0.1) is 0 Å². The van der Waals surface area contributed by atoms with Gasteiger partial charge >= 0.3 is 0 Å². The molecule has 25 heavy (non-hydrogen) atoms. The molecule has 1 heterocycles. The maximum absolute atomic E-state index is 10.7. The van der Waals surface area contributed by atoms with Gasteiger partial charge in [-0.05, 0) is 30.2 Å².